The Kier molecular flexibility index (Phi) is 9.98. The Morgan fingerprint density at radius 1 is 1.23 bits per heavy atom. The second-order valence-electron chi connectivity index (χ2n) is 10.6. The van der Waals surface area contributed by atoms with E-state index in [1.165, 1.54) is 38.9 Å². The highest BCUT2D eigenvalue weighted by Crippen LogP contribution is 2.37. The minimum atomic E-state index is -0.506. The Morgan fingerprint density at radius 2 is 1.86 bits per heavy atom. The topological polar surface area (TPSA) is 48.1 Å². The van der Waals surface area contributed by atoms with Crippen molar-refractivity contribution < 1.29 is 4.79 Å². The van der Waals surface area contributed by atoms with Crippen LogP contribution in [0.4, 0.5) is 0 Å². The summed E-state index contributed by atoms with van der Waals surface area (Å²) >= 11 is 0. The number of H-pyrrole nitrogens is 1. The lowest BCUT2D eigenvalue weighted by atomic mass is 9.87. The van der Waals surface area contributed by atoms with E-state index in [-0.39, 0.29) is 5.91 Å². The summed E-state index contributed by atoms with van der Waals surface area (Å²) < 4.78 is 0. The summed E-state index contributed by atoms with van der Waals surface area (Å²) in [6, 6.07) is 6.96. The van der Waals surface area contributed by atoms with E-state index in [1.807, 2.05) is 25.8 Å². The van der Waals surface area contributed by atoms with E-state index in [1.54, 1.807) is 0 Å². The monoisotopic (exact) mass is 475 g/mol. The van der Waals surface area contributed by atoms with Crippen LogP contribution in [0.2, 0.25) is 0 Å². The number of amides is 1. The number of rotatable bonds is 7. The highest BCUT2D eigenvalue weighted by molar-refractivity contribution is 5.92. The molecule has 0 radical (unpaired) electrons. The fourth-order valence-corrected chi connectivity index (χ4v) is 4.99. The first-order valence-corrected chi connectivity index (χ1v) is 12.9. The Bertz CT molecular complexity index is 1090. The average molecular weight is 476 g/mol. The second kappa shape index (κ2) is 12.3. The molecule has 0 aliphatic carbocycles. The molecule has 1 aliphatic heterocycles. The number of aromatic amines is 1. The molecule has 2 aromatic rings. The molecule has 1 aromatic carbocycles. The highest BCUT2D eigenvalue weighted by Gasteiger charge is 2.33. The van der Waals surface area contributed by atoms with Crippen LogP contribution in [0.5, 0.6) is 0 Å². The third-order valence-electron chi connectivity index (χ3n) is 7.01. The van der Waals surface area contributed by atoms with Gasteiger partial charge in [-0.3, -0.25) is 4.79 Å². The van der Waals surface area contributed by atoms with Gasteiger partial charge in [0.2, 0.25) is 5.91 Å². The lowest BCUT2D eigenvalue weighted by Crippen LogP contribution is -2.54. The molecule has 1 saturated heterocycles. The quantitative estimate of drug-likeness (QED) is 0.334. The lowest BCUT2D eigenvalue weighted by molar-refractivity contribution is -0.138. The van der Waals surface area contributed by atoms with Crippen LogP contribution in [0.1, 0.15) is 96.4 Å². The molecule has 3 rings (SSSR count). The molecule has 0 spiro atoms. The van der Waals surface area contributed by atoms with Gasteiger partial charge in [-0.2, -0.15) is 0 Å². The van der Waals surface area contributed by atoms with E-state index < -0.39 is 5.54 Å². The average Bonchev–Trinajstić information content (AvgIpc) is 3.23. The number of likely N-dealkylation sites (tertiary alicyclic amines) is 1. The Hall–Kier alpha value is -2.77. The number of terminal acetylenes is 1. The largest absolute Gasteiger partial charge is 0.354 e. The van der Waals surface area contributed by atoms with Crippen LogP contribution < -0.4 is 5.32 Å². The molecule has 1 aromatic heterocycles. The first-order valence-electron chi connectivity index (χ1n) is 12.9. The smallest absolute Gasteiger partial charge is 0.242 e. The van der Waals surface area contributed by atoms with Crippen LogP contribution in [-0.4, -0.2) is 41.5 Å². The van der Waals surface area contributed by atoms with Crippen molar-refractivity contribution >= 4 is 22.4 Å². The molecule has 0 bridgehead atoms. The fraction of sp³-hybridized carbons (Fsp3) is 0.516. The molecule has 4 nitrogen and oxygen atoms in total. The van der Waals surface area contributed by atoms with Crippen molar-refractivity contribution in [2.75, 3.05) is 20.1 Å². The maximum atomic E-state index is 12.8. The number of fused-ring (bicyclic) bond motifs is 1. The van der Waals surface area contributed by atoms with E-state index in [0.29, 0.717) is 11.8 Å². The van der Waals surface area contributed by atoms with Crippen LogP contribution >= 0.6 is 0 Å². The Labute approximate surface area is 213 Å². The van der Waals surface area contributed by atoms with Crippen molar-refractivity contribution in [1.82, 2.24) is 15.2 Å². The molecule has 2 N–H and O–H groups in total. The second-order valence-corrected chi connectivity index (χ2v) is 10.6. The maximum Gasteiger partial charge on any atom is 0.242 e. The van der Waals surface area contributed by atoms with E-state index in [4.69, 9.17) is 0 Å². The summed E-state index contributed by atoms with van der Waals surface area (Å²) in [6.07, 6.45) is 15.7. The number of benzene rings is 1. The van der Waals surface area contributed by atoms with Crippen LogP contribution in [0.15, 0.2) is 35.9 Å². The number of piperidine rings is 1. The molecule has 0 atom stereocenters. The zero-order valence-electron chi connectivity index (χ0n) is 23.1. The van der Waals surface area contributed by atoms with Crippen molar-refractivity contribution in [3.05, 3.63) is 52.7 Å². The van der Waals surface area contributed by atoms with Crippen LogP contribution in [0.3, 0.4) is 0 Å². The molecule has 0 unspecified atom stereocenters. The minimum absolute atomic E-state index is 0.200. The summed E-state index contributed by atoms with van der Waals surface area (Å²) in [7, 11) is 1.86. The van der Waals surface area contributed by atoms with Gasteiger partial charge in [-0.15, -0.1) is 12.8 Å². The van der Waals surface area contributed by atoms with Gasteiger partial charge in [0, 0.05) is 29.7 Å². The molecular weight excluding hydrogens is 430 g/mol. The van der Waals surface area contributed by atoms with E-state index in [9.17, 15) is 4.79 Å². The van der Waals surface area contributed by atoms with Gasteiger partial charge in [0.05, 0.1) is 5.54 Å². The Morgan fingerprint density at radius 3 is 2.37 bits per heavy atom. The number of hydrogen-bond acceptors (Lipinski definition) is 2. The molecule has 1 amide bonds. The number of nitrogens with one attached hydrogen (secondary N) is 2. The van der Waals surface area contributed by atoms with Crippen LogP contribution in [-0.2, 0) is 4.79 Å². The van der Waals surface area contributed by atoms with Crippen molar-refractivity contribution in [3.8, 4) is 12.8 Å². The summed E-state index contributed by atoms with van der Waals surface area (Å²) in [4.78, 5) is 18.6. The van der Waals surface area contributed by atoms with Crippen molar-refractivity contribution in [2.45, 2.75) is 85.1 Å². The summed E-state index contributed by atoms with van der Waals surface area (Å²) in [5, 5.41) is 4.49. The molecular formula is C31H45N3O. The standard InChI is InChI=1S/C29H43N3O.C2H2/c1-9-10-23(17-19(2)3)27-26(20(4)5)24-18-22(11-12-25(24)31-27)21-13-15-32(16-14-21)28(33)29(6,7)30-8;1-2/h10-12,17-18,20-21,30-31H,9,13-16H2,1-8H3;1-2H/b23-10+;. The summed E-state index contributed by atoms with van der Waals surface area (Å²) in [5.41, 5.74) is 7.38. The minimum Gasteiger partial charge on any atom is -0.354 e. The number of hydrogen-bond donors (Lipinski definition) is 2. The maximum absolute atomic E-state index is 12.8. The Balaban J connectivity index is 0.00000210. The zero-order valence-corrected chi connectivity index (χ0v) is 23.1. The molecule has 1 fully saturated rings. The highest BCUT2D eigenvalue weighted by atomic mass is 16.2. The van der Waals surface area contributed by atoms with Crippen molar-refractivity contribution in [2.24, 2.45) is 0 Å². The summed E-state index contributed by atoms with van der Waals surface area (Å²) in [5.74, 6) is 1.13. The summed E-state index contributed by atoms with van der Waals surface area (Å²) in [6.45, 7) is 16.7. The number of allylic oxidation sites excluding steroid dienone is 4. The van der Waals surface area contributed by atoms with Crippen LogP contribution in [0.25, 0.3) is 16.5 Å². The lowest BCUT2D eigenvalue weighted by Gasteiger charge is -2.37. The van der Waals surface area contributed by atoms with E-state index in [2.05, 4.69) is 88.1 Å². The van der Waals surface area contributed by atoms with Gasteiger partial charge in [0.1, 0.15) is 0 Å². The number of carbonyl (C=O) groups is 1. The van der Waals surface area contributed by atoms with Gasteiger partial charge >= 0.3 is 0 Å². The predicted octanol–water partition coefficient (Wildman–Crippen LogP) is 7.00. The first-order chi connectivity index (χ1) is 16.6. The zero-order chi connectivity index (χ0) is 26.3. The van der Waals surface area contributed by atoms with Crippen LogP contribution in [0, 0.1) is 12.8 Å². The molecule has 2 heterocycles. The van der Waals surface area contributed by atoms with Crippen molar-refractivity contribution in [1.29, 1.82) is 0 Å². The van der Waals surface area contributed by atoms with Gasteiger partial charge in [-0.05, 0) is 94.7 Å². The fourth-order valence-electron chi connectivity index (χ4n) is 4.99. The predicted molar refractivity (Wildman–Crippen MR) is 152 cm³/mol. The number of likely N-dealkylation sites (N-methyl/N-ethyl adjacent to an activating group) is 1. The number of aromatic nitrogens is 1. The molecule has 190 valence electrons. The normalized spacial score (nSPS) is 15.2. The number of carbonyl (C=O) groups excluding carboxylic acids is 1. The van der Waals surface area contributed by atoms with Gasteiger partial charge in [0.25, 0.3) is 0 Å². The van der Waals surface area contributed by atoms with E-state index >= 15 is 0 Å². The van der Waals surface area contributed by atoms with Gasteiger partial charge < -0.3 is 15.2 Å². The molecule has 4 heteroatoms. The van der Waals surface area contributed by atoms with Gasteiger partial charge in [0.15, 0.2) is 0 Å². The number of nitrogens with zero attached hydrogens (tertiary/aromatic N) is 1. The van der Waals surface area contributed by atoms with Gasteiger partial charge in [-0.25, -0.2) is 0 Å². The van der Waals surface area contributed by atoms with Gasteiger partial charge in [-0.1, -0.05) is 44.6 Å². The SMILES string of the molecule is C#C.CC/C=C(\C=C(C)C)c1[nH]c2ccc(C3CCN(C(=O)C(C)(C)NC)CC3)cc2c1C(C)C. The third-order valence-corrected chi connectivity index (χ3v) is 7.01. The van der Waals surface area contributed by atoms with E-state index in [0.717, 1.165) is 32.4 Å². The molecule has 35 heavy (non-hydrogen) atoms. The molecule has 0 saturated carbocycles. The third kappa shape index (κ3) is 6.47. The first kappa shape index (κ1) is 28.5. The molecule has 1 aliphatic rings. The van der Waals surface area contributed by atoms with Crippen molar-refractivity contribution in [3.63, 3.8) is 0 Å².